The molecule has 0 saturated carbocycles. The molecular weight excluding hydrogens is 358 g/mol. The fraction of sp³-hybridized carbons (Fsp3) is 0.238. The van der Waals surface area contributed by atoms with Gasteiger partial charge >= 0.3 is 6.03 Å². The molecule has 3 N–H and O–H groups in total. The maximum atomic E-state index is 13.2. The highest BCUT2D eigenvalue weighted by atomic mass is 16.5. The first kappa shape index (κ1) is 19.3. The molecule has 3 rings (SSSR count). The van der Waals surface area contributed by atoms with Crippen LogP contribution in [0.3, 0.4) is 0 Å². The zero-order valence-electron chi connectivity index (χ0n) is 16.3. The van der Waals surface area contributed by atoms with E-state index in [2.05, 4.69) is 16.0 Å². The number of nitrogens with one attached hydrogen (secondary N) is 3. The molecule has 1 aliphatic heterocycles. The van der Waals surface area contributed by atoms with Crippen molar-refractivity contribution in [3.8, 4) is 11.5 Å². The Labute approximate surface area is 163 Å². The summed E-state index contributed by atoms with van der Waals surface area (Å²) < 4.78 is 10.5. The van der Waals surface area contributed by atoms with Crippen molar-refractivity contribution < 1.29 is 19.1 Å². The largest absolute Gasteiger partial charge is 0.497 e. The topological polar surface area (TPSA) is 88.7 Å². The molecule has 0 saturated heterocycles. The standard InChI is InChI=1S/C21H23N3O4/c1-12-7-5-6-8-15(12)19-18(13(2)22-21(26)24-19)20(25)23-16-10-9-14(27-3)11-17(16)28-4/h5-11,19H,1-4H3,(H,23,25)(H2,22,24,26)/t19-/m1/s1. The lowest BCUT2D eigenvalue weighted by molar-refractivity contribution is -0.113. The number of carbonyl (C=O) groups excluding carboxylic acids is 2. The third-order valence-electron chi connectivity index (χ3n) is 4.67. The van der Waals surface area contributed by atoms with Gasteiger partial charge in [0.05, 0.1) is 31.5 Å². The van der Waals surface area contributed by atoms with E-state index in [0.717, 1.165) is 11.1 Å². The average Bonchev–Trinajstić information content (AvgIpc) is 2.67. The first-order valence-corrected chi connectivity index (χ1v) is 8.81. The summed E-state index contributed by atoms with van der Waals surface area (Å²) in [6.07, 6.45) is 0. The van der Waals surface area contributed by atoms with Crippen LogP contribution in [0.5, 0.6) is 11.5 Å². The van der Waals surface area contributed by atoms with Crippen LogP contribution in [0, 0.1) is 6.92 Å². The zero-order chi connectivity index (χ0) is 20.3. The molecule has 0 radical (unpaired) electrons. The number of rotatable bonds is 5. The molecule has 1 aliphatic rings. The van der Waals surface area contributed by atoms with Crippen molar-refractivity contribution in [1.82, 2.24) is 10.6 Å². The SMILES string of the molecule is COc1ccc(NC(=O)C2=C(C)NC(=O)N[C@@H]2c2ccccc2C)c(OC)c1. The average molecular weight is 381 g/mol. The van der Waals surface area contributed by atoms with Gasteiger partial charge in [-0.05, 0) is 37.1 Å². The molecule has 0 aliphatic carbocycles. The number of anilines is 1. The number of benzene rings is 2. The number of aryl methyl sites for hydroxylation is 1. The van der Waals surface area contributed by atoms with Gasteiger partial charge in [-0.25, -0.2) is 4.79 Å². The zero-order valence-corrected chi connectivity index (χ0v) is 16.3. The molecule has 28 heavy (non-hydrogen) atoms. The van der Waals surface area contributed by atoms with Crippen LogP contribution in [0.2, 0.25) is 0 Å². The van der Waals surface area contributed by atoms with Crippen LogP contribution in [-0.4, -0.2) is 26.2 Å². The molecule has 2 aromatic carbocycles. The molecule has 7 heteroatoms. The number of hydrogen-bond donors (Lipinski definition) is 3. The molecule has 0 fully saturated rings. The van der Waals surface area contributed by atoms with E-state index in [0.29, 0.717) is 28.5 Å². The lowest BCUT2D eigenvalue weighted by atomic mass is 9.92. The lowest BCUT2D eigenvalue weighted by Crippen LogP contribution is -2.46. The summed E-state index contributed by atoms with van der Waals surface area (Å²) in [6, 6.07) is 11.9. The molecule has 0 aromatic heterocycles. The Morgan fingerprint density at radius 2 is 1.82 bits per heavy atom. The van der Waals surface area contributed by atoms with Crippen molar-refractivity contribution in [2.24, 2.45) is 0 Å². The molecule has 3 amide bonds. The molecule has 0 bridgehead atoms. The van der Waals surface area contributed by atoms with E-state index in [4.69, 9.17) is 9.47 Å². The van der Waals surface area contributed by atoms with Gasteiger partial charge in [0, 0.05) is 11.8 Å². The van der Waals surface area contributed by atoms with E-state index >= 15 is 0 Å². The first-order valence-electron chi connectivity index (χ1n) is 8.81. The fourth-order valence-corrected chi connectivity index (χ4v) is 3.23. The van der Waals surface area contributed by atoms with Crippen LogP contribution >= 0.6 is 0 Å². The van der Waals surface area contributed by atoms with E-state index in [-0.39, 0.29) is 11.9 Å². The normalized spacial score (nSPS) is 16.1. The number of urea groups is 1. The molecule has 146 valence electrons. The molecule has 2 aromatic rings. The summed E-state index contributed by atoms with van der Waals surface area (Å²) in [5.74, 6) is 0.766. The van der Waals surface area contributed by atoms with Crippen molar-refractivity contribution >= 4 is 17.6 Å². The van der Waals surface area contributed by atoms with Gasteiger partial charge in [0.15, 0.2) is 0 Å². The van der Waals surface area contributed by atoms with Crippen molar-refractivity contribution in [2.75, 3.05) is 19.5 Å². The van der Waals surface area contributed by atoms with Crippen molar-refractivity contribution in [3.63, 3.8) is 0 Å². The number of ether oxygens (including phenoxy) is 2. The highest BCUT2D eigenvalue weighted by Crippen LogP contribution is 2.33. The summed E-state index contributed by atoms with van der Waals surface area (Å²) in [6.45, 7) is 3.66. The van der Waals surface area contributed by atoms with E-state index in [1.54, 1.807) is 32.2 Å². The minimum absolute atomic E-state index is 0.332. The first-order chi connectivity index (χ1) is 13.4. The smallest absolute Gasteiger partial charge is 0.319 e. The van der Waals surface area contributed by atoms with Gasteiger partial charge in [0.25, 0.3) is 5.91 Å². The predicted molar refractivity (Wildman–Crippen MR) is 106 cm³/mol. The number of methoxy groups -OCH3 is 2. The van der Waals surface area contributed by atoms with Crippen LogP contribution in [0.1, 0.15) is 24.1 Å². The van der Waals surface area contributed by atoms with Gasteiger partial charge < -0.3 is 25.4 Å². The molecule has 1 atom stereocenters. The second kappa shape index (κ2) is 8.04. The van der Waals surface area contributed by atoms with Crippen LogP contribution in [0.25, 0.3) is 0 Å². The van der Waals surface area contributed by atoms with Gasteiger partial charge in [-0.1, -0.05) is 24.3 Å². The van der Waals surface area contributed by atoms with E-state index in [9.17, 15) is 9.59 Å². The van der Waals surface area contributed by atoms with Crippen LogP contribution < -0.4 is 25.4 Å². The minimum atomic E-state index is -0.556. The second-order valence-electron chi connectivity index (χ2n) is 6.45. The predicted octanol–water partition coefficient (Wildman–Crippen LogP) is 3.28. The monoisotopic (exact) mass is 381 g/mol. The van der Waals surface area contributed by atoms with Crippen LogP contribution in [0.4, 0.5) is 10.5 Å². The molecule has 0 unspecified atom stereocenters. The summed E-state index contributed by atoms with van der Waals surface area (Å²) in [5.41, 5.74) is 3.29. The van der Waals surface area contributed by atoms with Crippen LogP contribution in [0.15, 0.2) is 53.7 Å². The summed E-state index contributed by atoms with van der Waals surface area (Å²) in [5, 5.41) is 8.41. The third-order valence-corrected chi connectivity index (χ3v) is 4.67. The third kappa shape index (κ3) is 3.78. The Hall–Kier alpha value is -3.48. The Kier molecular flexibility index (Phi) is 5.54. The molecule has 0 spiro atoms. The second-order valence-corrected chi connectivity index (χ2v) is 6.45. The van der Waals surface area contributed by atoms with Crippen molar-refractivity contribution in [3.05, 3.63) is 64.9 Å². The fourth-order valence-electron chi connectivity index (χ4n) is 3.23. The lowest BCUT2D eigenvalue weighted by Gasteiger charge is -2.29. The highest BCUT2D eigenvalue weighted by Gasteiger charge is 2.32. The summed E-state index contributed by atoms with van der Waals surface area (Å²) >= 11 is 0. The quantitative estimate of drug-likeness (QED) is 0.742. The Balaban J connectivity index is 1.97. The Morgan fingerprint density at radius 3 is 2.50 bits per heavy atom. The van der Waals surface area contributed by atoms with E-state index in [1.165, 1.54) is 7.11 Å². The molecule has 1 heterocycles. The van der Waals surface area contributed by atoms with E-state index < -0.39 is 6.04 Å². The highest BCUT2D eigenvalue weighted by molar-refractivity contribution is 6.07. The van der Waals surface area contributed by atoms with Gasteiger partial charge in [0.2, 0.25) is 0 Å². The summed E-state index contributed by atoms with van der Waals surface area (Å²) in [4.78, 5) is 25.2. The molecular formula is C21H23N3O4. The maximum absolute atomic E-state index is 13.2. The number of allylic oxidation sites excluding steroid dienone is 1. The van der Waals surface area contributed by atoms with Crippen LogP contribution in [-0.2, 0) is 4.79 Å². The maximum Gasteiger partial charge on any atom is 0.319 e. The minimum Gasteiger partial charge on any atom is -0.497 e. The Bertz CT molecular complexity index is 952. The van der Waals surface area contributed by atoms with Crippen molar-refractivity contribution in [1.29, 1.82) is 0 Å². The van der Waals surface area contributed by atoms with Gasteiger partial charge in [-0.15, -0.1) is 0 Å². The number of amides is 3. The van der Waals surface area contributed by atoms with Gasteiger partial charge in [-0.3, -0.25) is 4.79 Å². The van der Waals surface area contributed by atoms with E-state index in [1.807, 2.05) is 31.2 Å². The molecule has 7 nitrogen and oxygen atoms in total. The number of carbonyl (C=O) groups is 2. The van der Waals surface area contributed by atoms with Gasteiger partial charge in [-0.2, -0.15) is 0 Å². The number of hydrogen-bond acceptors (Lipinski definition) is 4. The Morgan fingerprint density at radius 1 is 1.07 bits per heavy atom. The van der Waals surface area contributed by atoms with Gasteiger partial charge in [0.1, 0.15) is 11.5 Å². The summed E-state index contributed by atoms with van der Waals surface area (Å²) in [7, 11) is 3.08. The van der Waals surface area contributed by atoms with Crippen molar-refractivity contribution in [2.45, 2.75) is 19.9 Å².